The maximum absolute atomic E-state index is 14.3. The lowest BCUT2D eigenvalue weighted by atomic mass is 9.98. The number of piperidine rings is 1. The molecule has 0 spiro atoms. The van der Waals surface area contributed by atoms with Gasteiger partial charge in [0.25, 0.3) is 5.91 Å². The van der Waals surface area contributed by atoms with Crippen LogP contribution in [0.25, 0.3) is 5.65 Å². The molecule has 0 bridgehead atoms. The number of carbonyl (C=O) groups is 1. The van der Waals surface area contributed by atoms with E-state index in [0.29, 0.717) is 30.9 Å². The van der Waals surface area contributed by atoms with Crippen LogP contribution in [0.2, 0.25) is 0 Å². The van der Waals surface area contributed by atoms with Gasteiger partial charge in [-0.05, 0) is 38.3 Å². The molecule has 2 fully saturated rings. The molecule has 0 unspecified atom stereocenters. The van der Waals surface area contributed by atoms with Crippen molar-refractivity contribution in [2.24, 2.45) is 5.92 Å². The molecule has 2 saturated heterocycles. The second-order valence-electron chi connectivity index (χ2n) is 9.18. The highest BCUT2D eigenvalue weighted by molar-refractivity contribution is 5.95. The summed E-state index contributed by atoms with van der Waals surface area (Å²) < 4.78 is 30.3. The van der Waals surface area contributed by atoms with Gasteiger partial charge < -0.3 is 14.9 Å². The number of aliphatic hydroxyl groups excluding tert-OH is 1. The zero-order valence-corrected chi connectivity index (χ0v) is 18.7. The summed E-state index contributed by atoms with van der Waals surface area (Å²) in [6.07, 6.45) is 3.82. The van der Waals surface area contributed by atoms with Gasteiger partial charge >= 0.3 is 0 Å². The van der Waals surface area contributed by atoms with Crippen molar-refractivity contribution in [3.05, 3.63) is 58.9 Å². The summed E-state index contributed by atoms with van der Waals surface area (Å²) in [5, 5.41) is 14.8. The molecule has 2 aliphatic heterocycles. The molecule has 1 amide bonds. The Hall–Kier alpha value is -3.07. The number of fused-ring (bicyclic) bond motifs is 1. The second-order valence-corrected chi connectivity index (χ2v) is 9.18. The Morgan fingerprint density at radius 2 is 1.94 bits per heavy atom. The first kappa shape index (κ1) is 21.8. The summed E-state index contributed by atoms with van der Waals surface area (Å²) in [7, 11) is 0. The van der Waals surface area contributed by atoms with E-state index in [0.717, 1.165) is 42.9 Å². The van der Waals surface area contributed by atoms with Crippen LogP contribution in [0.15, 0.2) is 30.5 Å². The van der Waals surface area contributed by atoms with Crippen LogP contribution in [0.1, 0.15) is 53.8 Å². The SMILES string of the molecule is Cc1cn2nc([C@@H]3CCCCN3C(=O)c3c(F)cccc3F)cc2nc1N1C[C@@H](C)[C@@H](O)C1. The number of anilines is 1. The van der Waals surface area contributed by atoms with Gasteiger partial charge in [0, 0.05) is 43.4 Å². The van der Waals surface area contributed by atoms with Gasteiger partial charge in [0.1, 0.15) is 23.0 Å². The molecule has 3 aromatic rings. The molecule has 2 aliphatic rings. The fraction of sp³-hybridized carbons (Fsp3) is 0.458. The van der Waals surface area contributed by atoms with Gasteiger partial charge in [-0.1, -0.05) is 13.0 Å². The van der Waals surface area contributed by atoms with Crippen LogP contribution in [-0.2, 0) is 0 Å². The highest BCUT2D eigenvalue weighted by Gasteiger charge is 2.34. The summed E-state index contributed by atoms with van der Waals surface area (Å²) >= 11 is 0. The van der Waals surface area contributed by atoms with Gasteiger partial charge in [-0.2, -0.15) is 5.10 Å². The highest BCUT2D eigenvalue weighted by Crippen LogP contribution is 2.33. The van der Waals surface area contributed by atoms with E-state index >= 15 is 0 Å². The molecular formula is C24H27F2N5O2. The Morgan fingerprint density at radius 1 is 1.18 bits per heavy atom. The van der Waals surface area contributed by atoms with Gasteiger partial charge in [0.2, 0.25) is 0 Å². The second kappa shape index (κ2) is 8.37. The molecular weight excluding hydrogens is 428 g/mol. The average molecular weight is 456 g/mol. The third-order valence-corrected chi connectivity index (χ3v) is 6.78. The maximum atomic E-state index is 14.3. The number of β-amino-alcohol motifs (C(OH)–C–C–N with tert-alkyl or cyclic N) is 1. The van der Waals surface area contributed by atoms with Crippen molar-refractivity contribution in [3.63, 3.8) is 0 Å². The molecule has 5 rings (SSSR count). The molecule has 0 saturated carbocycles. The third-order valence-electron chi connectivity index (χ3n) is 6.78. The van der Waals surface area contributed by atoms with Crippen LogP contribution >= 0.6 is 0 Å². The topological polar surface area (TPSA) is 74.0 Å². The molecule has 7 nitrogen and oxygen atoms in total. The quantitative estimate of drug-likeness (QED) is 0.655. The number of amides is 1. The van der Waals surface area contributed by atoms with E-state index in [1.54, 1.807) is 4.52 Å². The van der Waals surface area contributed by atoms with Gasteiger partial charge in [-0.25, -0.2) is 18.3 Å². The van der Waals surface area contributed by atoms with Crippen LogP contribution < -0.4 is 4.90 Å². The van der Waals surface area contributed by atoms with Crippen molar-refractivity contribution in [2.75, 3.05) is 24.5 Å². The van der Waals surface area contributed by atoms with Crippen molar-refractivity contribution in [2.45, 2.75) is 45.3 Å². The van der Waals surface area contributed by atoms with Crippen molar-refractivity contribution in [1.29, 1.82) is 0 Å². The normalized spacial score (nSPS) is 23.5. The predicted octanol–water partition coefficient (Wildman–Crippen LogP) is 3.50. The first-order valence-electron chi connectivity index (χ1n) is 11.4. The number of nitrogens with zero attached hydrogens (tertiary/aromatic N) is 5. The van der Waals surface area contributed by atoms with Gasteiger partial charge in [0.05, 0.1) is 17.8 Å². The molecule has 3 atom stereocenters. The Kier molecular flexibility index (Phi) is 5.52. The molecule has 1 N–H and O–H groups in total. The van der Waals surface area contributed by atoms with E-state index < -0.39 is 23.1 Å². The van der Waals surface area contributed by atoms with Crippen LogP contribution in [0.3, 0.4) is 0 Å². The molecule has 2 aromatic heterocycles. The average Bonchev–Trinajstić information content (AvgIpc) is 3.35. The van der Waals surface area contributed by atoms with Crippen molar-refractivity contribution >= 4 is 17.4 Å². The van der Waals surface area contributed by atoms with Gasteiger partial charge in [-0.3, -0.25) is 4.79 Å². The Labute approximate surface area is 190 Å². The van der Waals surface area contributed by atoms with Crippen LogP contribution in [0, 0.1) is 24.5 Å². The highest BCUT2D eigenvalue weighted by atomic mass is 19.1. The number of benzene rings is 1. The van der Waals surface area contributed by atoms with Crippen molar-refractivity contribution in [3.8, 4) is 0 Å². The number of carbonyl (C=O) groups excluding carboxylic acids is 1. The minimum atomic E-state index is -0.858. The van der Waals surface area contributed by atoms with Crippen LogP contribution in [0.5, 0.6) is 0 Å². The number of aryl methyl sites for hydroxylation is 1. The molecule has 33 heavy (non-hydrogen) atoms. The minimum absolute atomic E-state index is 0.170. The summed E-state index contributed by atoms with van der Waals surface area (Å²) in [6.45, 7) is 5.64. The van der Waals surface area contributed by atoms with E-state index in [4.69, 9.17) is 4.98 Å². The number of hydrogen-bond donors (Lipinski definition) is 1. The first-order chi connectivity index (χ1) is 15.8. The van der Waals surface area contributed by atoms with Gasteiger partial charge in [-0.15, -0.1) is 0 Å². The number of aliphatic hydroxyl groups is 1. The van der Waals surface area contributed by atoms with E-state index in [-0.39, 0.29) is 18.1 Å². The minimum Gasteiger partial charge on any atom is -0.391 e. The Balaban J connectivity index is 1.49. The monoisotopic (exact) mass is 455 g/mol. The number of likely N-dealkylation sites (tertiary alicyclic amines) is 1. The van der Waals surface area contributed by atoms with E-state index in [1.807, 2.05) is 26.1 Å². The summed E-state index contributed by atoms with van der Waals surface area (Å²) in [5.41, 5.74) is 1.70. The van der Waals surface area contributed by atoms with Gasteiger partial charge in [0.15, 0.2) is 5.65 Å². The molecule has 174 valence electrons. The van der Waals surface area contributed by atoms with E-state index in [1.165, 1.54) is 11.0 Å². The molecule has 1 aromatic carbocycles. The van der Waals surface area contributed by atoms with Crippen molar-refractivity contribution in [1.82, 2.24) is 19.5 Å². The lowest BCUT2D eigenvalue weighted by Gasteiger charge is -2.34. The first-order valence-corrected chi connectivity index (χ1v) is 11.4. The fourth-order valence-corrected chi connectivity index (χ4v) is 4.95. The Morgan fingerprint density at radius 3 is 2.64 bits per heavy atom. The standard InChI is InChI=1S/C24H27F2N5O2/c1-14-11-29(13-20(14)32)23-15(2)12-31-21(27-23)10-18(28-31)19-8-3-4-9-30(19)24(33)22-16(25)6-5-7-17(22)26/h5-7,10,12,14,19-20,32H,3-4,8-9,11,13H2,1-2H3/t14-,19+,20+/m1/s1. The number of halogens is 2. The summed E-state index contributed by atoms with van der Waals surface area (Å²) in [5.74, 6) is -1.39. The number of aromatic nitrogens is 3. The van der Waals surface area contributed by atoms with Crippen LogP contribution in [0.4, 0.5) is 14.6 Å². The van der Waals surface area contributed by atoms with Crippen LogP contribution in [-0.4, -0.2) is 56.2 Å². The summed E-state index contributed by atoms with van der Waals surface area (Å²) in [4.78, 5) is 21.5. The number of rotatable bonds is 3. The smallest absolute Gasteiger partial charge is 0.260 e. The zero-order chi connectivity index (χ0) is 23.3. The van der Waals surface area contributed by atoms with Crippen molar-refractivity contribution < 1.29 is 18.7 Å². The lowest BCUT2D eigenvalue weighted by molar-refractivity contribution is 0.0595. The largest absolute Gasteiger partial charge is 0.391 e. The maximum Gasteiger partial charge on any atom is 0.260 e. The summed E-state index contributed by atoms with van der Waals surface area (Å²) in [6, 6.07) is 4.91. The molecule has 0 radical (unpaired) electrons. The molecule has 9 heteroatoms. The van der Waals surface area contributed by atoms with E-state index in [9.17, 15) is 18.7 Å². The third kappa shape index (κ3) is 3.84. The lowest BCUT2D eigenvalue weighted by Crippen LogP contribution is -2.39. The zero-order valence-electron chi connectivity index (χ0n) is 18.7. The molecule has 0 aliphatic carbocycles. The number of hydrogen-bond acceptors (Lipinski definition) is 5. The molecule has 4 heterocycles. The predicted molar refractivity (Wildman–Crippen MR) is 119 cm³/mol. The van der Waals surface area contributed by atoms with E-state index in [2.05, 4.69) is 10.00 Å². The fourth-order valence-electron chi connectivity index (χ4n) is 4.95. The Bertz CT molecular complexity index is 1180.